The number of halogens is 1. The minimum atomic E-state index is -0.502. The summed E-state index contributed by atoms with van der Waals surface area (Å²) in [6.45, 7) is 1.92. The molecule has 0 bridgehead atoms. The fourth-order valence-electron chi connectivity index (χ4n) is 1.50. The van der Waals surface area contributed by atoms with Crippen LogP contribution in [0.25, 0.3) is 0 Å². The van der Waals surface area contributed by atoms with Gasteiger partial charge < -0.3 is 9.84 Å². The molecule has 0 spiro atoms. The summed E-state index contributed by atoms with van der Waals surface area (Å²) < 4.78 is 6.82. The van der Waals surface area contributed by atoms with Crippen molar-refractivity contribution in [2.45, 2.75) is 19.4 Å². The van der Waals surface area contributed by atoms with E-state index in [1.54, 1.807) is 12.3 Å². The summed E-state index contributed by atoms with van der Waals surface area (Å²) in [4.78, 5) is 4.19. The lowest BCUT2D eigenvalue weighted by atomic mass is 10.2. The van der Waals surface area contributed by atoms with Gasteiger partial charge in [0.2, 0.25) is 0 Å². The minimum absolute atomic E-state index is 0.502. The van der Waals surface area contributed by atoms with Crippen LogP contribution in [-0.2, 0) is 0 Å². The summed E-state index contributed by atoms with van der Waals surface area (Å²) in [7, 11) is 0. The molecule has 0 fully saturated rings. The van der Waals surface area contributed by atoms with Crippen LogP contribution in [-0.4, -0.2) is 10.1 Å². The van der Waals surface area contributed by atoms with E-state index in [1.165, 1.54) is 3.57 Å². The van der Waals surface area contributed by atoms with E-state index in [9.17, 15) is 5.11 Å². The first kappa shape index (κ1) is 13.3. The summed E-state index contributed by atoms with van der Waals surface area (Å²) in [6, 6.07) is 11.4. The summed E-state index contributed by atoms with van der Waals surface area (Å²) in [5.41, 5.74) is 0.674. The molecule has 1 aromatic carbocycles. The number of benzene rings is 1. The zero-order valence-corrected chi connectivity index (χ0v) is 12.2. The van der Waals surface area contributed by atoms with Gasteiger partial charge in [0.25, 0.3) is 0 Å². The quantitative estimate of drug-likeness (QED) is 0.846. The highest BCUT2D eigenvalue weighted by Crippen LogP contribution is 2.23. The first-order valence-corrected chi connectivity index (χ1v) is 6.84. The Labute approximate surface area is 120 Å². The summed E-state index contributed by atoms with van der Waals surface area (Å²) in [6.07, 6.45) is 1.79. The van der Waals surface area contributed by atoms with Crippen molar-refractivity contribution < 1.29 is 9.84 Å². The van der Waals surface area contributed by atoms with Gasteiger partial charge in [-0.1, -0.05) is 6.92 Å². The van der Waals surface area contributed by atoms with Crippen LogP contribution in [0.4, 0.5) is 0 Å². The van der Waals surface area contributed by atoms with Crippen LogP contribution in [0.2, 0.25) is 0 Å². The third kappa shape index (κ3) is 3.43. The Balaban J connectivity index is 2.08. The zero-order valence-electron chi connectivity index (χ0n) is 10.0. The van der Waals surface area contributed by atoms with Crippen LogP contribution in [0.3, 0.4) is 0 Å². The maximum Gasteiger partial charge on any atom is 0.145 e. The molecule has 0 radical (unpaired) electrons. The molecule has 0 aliphatic heterocycles. The Morgan fingerprint density at radius 1 is 1.17 bits per heavy atom. The van der Waals surface area contributed by atoms with E-state index >= 15 is 0 Å². The molecule has 94 valence electrons. The summed E-state index contributed by atoms with van der Waals surface area (Å²) in [5, 5.41) is 9.64. The molecule has 1 N–H and O–H groups in total. The lowest BCUT2D eigenvalue weighted by molar-refractivity contribution is 0.169. The van der Waals surface area contributed by atoms with Crippen molar-refractivity contribution >= 4 is 22.6 Å². The molecule has 1 aromatic heterocycles. The predicted octanol–water partition coefficient (Wildman–Crippen LogP) is 3.92. The largest absolute Gasteiger partial charge is 0.456 e. The van der Waals surface area contributed by atoms with Crippen LogP contribution in [0, 0.1) is 3.57 Å². The number of hydrogen-bond donors (Lipinski definition) is 1. The van der Waals surface area contributed by atoms with Crippen LogP contribution in [0.1, 0.15) is 25.1 Å². The van der Waals surface area contributed by atoms with Gasteiger partial charge in [0, 0.05) is 3.57 Å². The number of ether oxygens (including phenoxy) is 1. The number of rotatable bonds is 4. The molecule has 1 atom stereocenters. The number of pyridine rings is 1. The molecule has 18 heavy (non-hydrogen) atoms. The van der Waals surface area contributed by atoms with Crippen molar-refractivity contribution in [3.05, 3.63) is 51.9 Å². The SMILES string of the molecule is CCC(O)c1ccc(Oc2ccc(I)cc2)cn1. The molecule has 0 aliphatic carbocycles. The Hall–Kier alpha value is -1.14. The highest BCUT2D eigenvalue weighted by Gasteiger charge is 2.06. The monoisotopic (exact) mass is 355 g/mol. The van der Waals surface area contributed by atoms with E-state index in [-0.39, 0.29) is 0 Å². The molecule has 1 heterocycles. The highest BCUT2D eigenvalue weighted by molar-refractivity contribution is 14.1. The van der Waals surface area contributed by atoms with E-state index in [4.69, 9.17) is 4.74 Å². The standard InChI is InChI=1S/C14H14INO2/c1-2-14(17)13-8-7-12(9-16-13)18-11-5-3-10(15)4-6-11/h3-9,14,17H,2H2,1H3. The van der Waals surface area contributed by atoms with Crippen LogP contribution in [0.5, 0.6) is 11.5 Å². The first-order chi connectivity index (χ1) is 8.69. The zero-order chi connectivity index (χ0) is 13.0. The van der Waals surface area contributed by atoms with E-state index < -0.39 is 6.10 Å². The number of nitrogens with zero attached hydrogens (tertiary/aromatic N) is 1. The number of aliphatic hydroxyl groups is 1. The third-order valence-corrected chi connectivity index (χ3v) is 3.26. The molecule has 0 saturated carbocycles. The van der Waals surface area contributed by atoms with E-state index in [2.05, 4.69) is 27.6 Å². The van der Waals surface area contributed by atoms with Gasteiger partial charge in [-0.25, -0.2) is 0 Å². The van der Waals surface area contributed by atoms with Gasteiger partial charge in [-0.15, -0.1) is 0 Å². The predicted molar refractivity (Wildman–Crippen MR) is 78.7 cm³/mol. The number of hydrogen-bond acceptors (Lipinski definition) is 3. The number of aliphatic hydroxyl groups excluding tert-OH is 1. The lowest BCUT2D eigenvalue weighted by Crippen LogP contribution is -1.98. The van der Waals surface area contributed by atoms with Gasteiger partial charge in [0.05, 0.1) is 18.0 Å². The normalized spacial score (nSPS) is 12.2. The van der Waals surface area contributed by atoms with Crippen LogP contribution >= 0.6 is 22.6 Å². The highest BCUT2D eigenvalue weighted by atomic mass is 127. The van der Waals surface area contributed by atoms with Gasteiger partial charge >= 0.3 is 0 Å². The Morgan fingerprint density at radius 2 is 1.83 bits per heavy atom. The smallest absolute Gasteiger partial charge is 0.145 e. The number of aromatic nitrogens is 1. The van der Waals surface area contributed by atoms with Crippen LogP contribution in [0.15, 0.2) is 42.6 Å². The average Bonchev–Trinajstić information content (AvgIpc) is 2.41. The Morgan fingerprint density at radius 3 is 2.39 bits per heavy atom. The maximum absolute atomic E-state index is 9.64. The van der Waals surface area contributed by atoms with Gasteiger partial charge in [-0.05, 0) is 65.4 Å². The third-order valence-electron chi connectivity index (χ3n) is 2.54. The molecule has 2 rings (SSSR count). The van der Waals surface area contributed by atoms with Gasteiger partial charge in [-0.2, -0.15) is 0 Å². The van der Waals surface area contributed by atoms with Crippen molar-refractivity contribution in [3.8, 4) is 11.5 Å². The molecule has 1 unspecified atom stereocenters. The topological polar surface area (TPSA) is 42.4 Å². The van der Waals surface area contributed by atoms with Gasteiger partial charge in [-0.3, -0.25) is 4.98 Å². The molecule has 0 aliphatic rings. The molecule has 2 aromatic rings. The lowest BCUT2D eigenvalue weighted by Gasteiger charge is -2.09. The molecule has 4 heteroatoms. The summed E-state index contributed by atoms with van der Waals surface area (Å²) >= 11 is 2.25. The van der Waals surface area contributed by atoms with Crippen molar-refractivity contribution in [2.75, 3.05) is 0 Å². The van der Waals surface area contributed by atoms with Crippen molar-refractivity contribution in [2.24, 2.45) is 0 Å². The molecule has 0 amide bonds. The minimum Gasteiger partial charge on any atom is -0.456 e. The van der Waals surface area contributed by atoms with Gasteiger partial charge in [0.1, 0.15) is 11.5 Å². The second-order valence-electron chi connectivity index (χ2n) is 3.90. The Kier molecular flexibility index (Phi) is 4.54. The van der Waals surface area contributed by atoms with Crippen molar-refractivity contribution in [3.63, 3.8) is 0 Å². The van der Waals surface area contributed by atoms with E-state index in [0.29, 0.717) is 17.9 Å². The molecular weight excluding hydrogens is 341 g/mol. The second-order valence-corrected chi connectivity index (χ2v) is 5.14. The molecule has 3 nitrogen and oxygen atoms in total. The fraction of sp³-hybridized carbons (Fsp3) is 0.214. The first-order valence-electron chi connectivity index (χ1n) is 5.76. The van der Waals surface area contributed by atoms with Crippen LogP contribution < -0.4 is 4.74 Å². The average molecular weight is 355 g/mol. The fourth-order valence-corrected chi connectivity index (χ4v) is 1.86. The summed E-state index contributed by atoms with van der Waals surface area (Å²) in [5.74, 6) is 1.45. The second kappa shape index (κ2) is 6.15. The van der Waals surface area contributed by atoms with E-state index in [0.717, 1.165) is 5.75 Å². The van der Waals surface area contributed by atoms with E-state index in [1.807, 2.05) is 37.3 Å². The van der Waals surface area contributed by atoms with Crippen molar-refractivity contribution in [1.29, 1.82) is 0 Å². The Bertz CT molecular complexity index is 496. The van der Waals surface area contributed by atoms with Crippen molar-refractivity contribution in [1.82, 2.24) is 4.98 Å². The maximum atomic E-state index is 9.64. The molecular formula is C14H14INO2. The van der Waals surface area contributed by atoms with Gasteiger partial charge in [0.15, 0.2) is 0 Å². The molecule has 0 saturated heterocycles.